The minimum Gasteiger partial charge on any atom is -0.258 e. The lowest BCUT2D eigenvalue weighted by molar-refractivity contribution is -0.129. The molecule has 0 saturated carbocycles. The van der Waals surface area contributed by atoms with Crippen molar-refractivity contribution in [1.82, 2.24) is 0 Å². The second kappa shape index (κ2) is 8.16. The highest BCUT2D eigenvalue weighted by molar-refractivity contribution is 7.85. The van der Waals surface area contributed by atoms with Gasteiger partial charge in [0.25, 0.3) is 0 Å². The number of nitriles is 1. The molecule has 0 spiro atoms. The van der Waals surface area contributed by atoms with Crippen molar-refractivity contribution in [3.63, 3.8) is 0 Å². The van der Waals surface area contributed by atoms with Crippen molar-refractivity contribution >= 4 is 10.8 Å². The first kappa shape index (κ1) is 17.0. The number of terminal acetylenes is 1. The van der Waals surface area contributed by atoms with E-state index in [4.69, 9.17) is 11.7 Å². The molecule has 0 aliphatic rings. The Labute approximate surface area is 108 Å². The first-order valence-electron chi connectivity index (χ1n) is 5.60. The molecule has 0 bridgehead atoms. The highest BCUT2D eigenvalue weighted by atomic mass is 32.2. The summed E-state index contributed by atoms with van der Waals surface area (Å²) < 4.78 is 47.4. The van der Waals surface area contributed by atoms with E-state index in [0.29, 0.717) is 19.3 Å². The summed E-state index contributed by atoms with van der Waals surface area (Å²) in [6.07, 6.45) is 1.35. The Morgan fingerprint density at radius 3 is 2.44 bits per heavy atom. The summed E-state index contributed by atoms with van der Waals surface area (Å²) in [5, 5.41) is 7.95. The molecule has 2 nitrogen and oxygen atoms in total. The van der Waals surface area contributed by atoms with E-state index < -0.39 is 34.4 Å². The number of alkyl halides is 3. The maximum Gasteiger partial charge on any atom is 0.390 e. The van der Waals surface area contributed by atoms with Crippen LogP contribution in [0.2, 0.25) is 0 Å². The fraction of sp³-hybridized carbons (Fsp3) is 0.750. The van der Waals surface area contributed by atoms with Gasteiger partial charge in [-0.2, -0.15) is 18.4 Å². The van der Waals surface area contributed by atoms with Crippen molar-refractivity contribution in [3.8, 4) is 18.4 Å². The Morgan fingerprint density at radius 1 is 1.39 bits per heavy atom. The fourth-order valence-corrected chi connectivity index (χ4v) is 2.57. The zero-order valence-corrected chi connectivity index (χ0v) is 11.0. The van der Waals surface area contributed by atoms with E-state index in [0.717, 1.165) is 0 Å². The van der Waals surface area contributed by atoms with Crippen LogP contribution in [-0.2, 0) is 10.8 Å². The molecule has 0 radical (unpaired) electrons. The maximum atomic E-state index is 11.9. The number of hydrogen-bond donors (Lipinski definition) is 0. The molecule has 0 N–H and O–H groups in total. The molecule has 0 aliphatic carbocycles. The molecule has 0 amide bonds. The standard InChI is InChI=1S/C12H16F3NOS/c1-3-10(2)5-4-6-11(9-16)18(17)8-7-12(13,14)15/h1,10-11H,4-8H2,2H3. The predicted molar refractivity (Wildman–Crippen MR) is 64.9 cm³/mol. The molecule has 0 fully saturated rings. The lowest BCUT2D eigenvalue weighted by Crippen LogP contribution is -2.20. The van der Waals surface area contributed by atoms with E-state index in [1.54, 1.807) is 0 Å². The molecule has 6 heteroatoms. The maximum absolute atomic E-state index is 11.9. The van der Waals surface area contributed by atoms with Gasteiger partial charge in [0, 0.05) is 22.5 Å². The largest absolute Gasteiger partial charge is 0.390 e. The monoisotopic (exact) mass is 279 g/mol. The van der Waals surface area contributed by atoms with Gasteiger partial charge in [0.2, 0.25) is 0 Å². The summed E-state index contributed by atoms with van der Waals surface area (Å²) in [5.74, 6) is 2.08. The molecule has 18 heavy (non-hydrogen) atoms. The average Bonchev–Trinajstić information content (AvgIpc) is 2.30. The molecule has 0 aliphatic heterocycles. The first-order chi connectivity index (χ1) is 8.30. The minimum atomic E-state index is -4.33. The second-order valence-electron chi connectivity index (χ2n) is 4.07. The number of rotatable bonds is 7. The summed E-state index contributed by atoms with van der Waals surface area (Å²) in [6, 6.07) is 1.81. The van der Waals surface area contributed by atoms with Gasteiger partial charge in [0.1, 0.15) is 5.25 Å². The molecule has 102 valence electrons. The zero-order valence-electron chi connectivity index (χ0n) is 10.2. The van der Waals surface area contributed by atoms with Crippen LogP contribution in [0, 0.1) is 29.6 Å². The molecular formula is C12H16F3NOS. The second-order valence-corrected chi connectivity index (χ2v) is 5.81. The van der Waals surface area contributed by atoms with Crippen LogP contribution < -0.4 is 0 Å². The Balaban J connectivity index is 4.07. The van der Waals surface area contributed by atoms with Gasteiger partial charge < -0.3 is 0 Å². The number of halogens is 3. The van der Waals surface area contributed by atoms with E-state index in [1.165, 1.54) is 0 Å². The van der Waals surface area contributed by atoms with E-state index in [2.05, 4.69) is 5.92 Å². The Morgan fingerprint density at radius 2 is 2.00 bits per heavy atom. The van der Waals surface area contributed by atoms with Gasteiger partial charge in [-0.15, -0.1) is 12.3 Å². The van der Waals surface area contributed by atoms with Crippen LogP contribution in [-0.4, -0.2) is 21.4 Å². The zero-order chi connectivity index (χ0) is 14.2. The van der Waals surface area contributed by atoms with Gasteiger partial charge in [0.05, 0.1) is 12.5 Å². The average molecular weight is 279 g/mol. The minimum absolute atomic E-state index is 0.0629. The number of hydrogen-bond acceptors (Lipinski definition) is 2. The Kier molecular flexibility index (Phi) is 7.70. The third-order valence-electron chi connectivity index (χ3n) is 2.44. The molecule has 0 rings (SSSR count). The summed E-state index contributed by atoms with van der Waals surface area (Å²) in [7, 11) is -1.75. The van der Waals surface area contributed by atoms with Gasteiger partial charge in [0.15, 0.2) is 0 Å². The fourth-order valence-electron chi connectivity index (χ4n) is 1.31. The highest BCUT2D eigenvalue weighted by Gasteiger charge is 2.29. The highest BCUT2D eigenvalue weighted by Crippen LogP contribution is 2.21. The molecule has 0 heterocycles. The van der Waals surface area contributed by atoms with Gasteiger partial charge in [-0.25, -0.2) is 0 Å². The normalized spacial score (nSPS) is 16.3. The molecule has 0 aromatic heterocycles. The third kappa shape index (κ3) is 8.14. The van der Waals surface area contributed by atoms with Crippen molar-refractivity contribution in [2.75, 3.05) is 5.75 Å². The van der Waals surface area contributed by atoms with Crippen LogP contribution in [0.1, 0.15) is 32.6 Å². The van der Waals surface area contributed by atoms with Crippen molar-refractivity contribution in [3.05, 3.63) is 0 Å². The van der Waals surface area contributed by atoms with Crippen LogP contribution >= 0.6 is 0 Å². The van der Waals surface area contributed by atoms with Gasteiger partial charge in [-0.05, 0) is 19.3 Å². The van der Waals surface area contributed by atoms with E-state index >= 15 is 0 Å². The van der Waals surface area contributed by atoms with Crippen LogP contribution in [0.5, 0.6) is 0 Å². The molecule has 0 aromatic rings. The summed E-state index contributed by atoms with van der Waals surface area (Å²) in [4.78, 5) is 0. The Hall–Kier alpha value is -1.01. The predicted octanol–water partition coefficient (Wildman–Crippen LogP) is 3.02. The van der Waals surface area contributed by atoms with E-state index in [9.17, 15) is 17.4 Å². The first-order valence-corrected chi connectivity index (χ1v) is 6.98. The van der Waals surface area contributed by atoms with Gasteiger partial charge in [-0.3, -0.25) is 4.21 Å². The van der Waals surface area contributed by atoms with E-state index in [1.807, 2.05) is 13.0 Å². The Bertz CT molecular complexity index is 354. The van der Waals surface area contributed by atoms with Crippen molar-refractivity contribution in [1.29, 1.82) is 5.26 Å². The quantitative estimate of drug-likeness (QED) is 0.672. The van der Waals surface area contributed by atoms with E-state index in [-0.39, 0.29) is 5.92 Å². The van der Waals surface area contributed by atoms with Crippen molar-refractivity contribution in [2.24, 2.45) is 5.92 Å². The van der Waals surface area contributed by atoms with Gasteiger partial charge in [-0.1, -0.05) is 6.92 Å². The lowest BCUT2D eigenvalue weighted by atomic mass is 10.0. The lowest BCUT2D eigenvalue weighted by Gasteiger charge is -2.11. The molecular weight excluding hydrogens is 263 g/mol. The summed E-state index contributed by atoms with van der Waals surface area (Å²) in [5.41, 5.74) is 0. The van der Waals surface area contributed by atoms with Gasteiger partial charge >= 0.3 is 6.18 Å². The third-order valence-corrected chi connectivity index (χ3v) is 4.02. The van der Waals surface area contributed by atoms with Crippen LogP contribution in [0.3, 0.4) is 0 Å². The summed E-state index contributed by atoms with van der Waals surface area (Å²) >= 11 is 0. The SMILES string of the molecule is C#CC(C)CCCC(C#N)S(=O)CCC(F)(F)F. The van der Waals surface area contributed by atoms with Crippen LogP contribution in [0.4, 0.5) is 13.2 Å². The van der Waals surface area contributed by atoms with Crippen LogP contribution in [0.25, 0.3) is 0 Å². The molecule has 0 saturated heterocycles. The van der Waals surface area contributed by atoms with Crippen molar-refractivity contribution in [2.45, 2.75) is 44.0 Å². The molecule has 3 atom stereocenters. The molecule has 0 aromatic carbocycles. The van der Waals surface area contributed by atoms with Crippen LogP contribution in [0.15, 0.2) is 0 Å². The number of nitrogens with zero attached hydrogens (tertiary/aromatic N) is 1. The topological polar surface area (TPSA) is 40.9 Å². The smallest absolute Gasteiger partial charge is 0.258 e. The molecule has 3 unspecified atom stereocenters. The summed E-state index contributed by atoms with van der Waals surface area (Å²) in [6.45, 7) is 1.85. The van der Waals surface area contributed by atoms with Crippen molar-refractivity contribution < 1.29 is 17.4 Å².